The van der Waals surface area contributed by atoms with Crippen LogP contribution in [0.25, 0.3) is 5.65 Å². The van der Waals surface area contributed by atoms with Crippen LogP contribution in [0.15, 0.2) is 30.9 Å². The molecule has 1 saturated carbocycles. The molecule has 11 nitrogen and oxygen atoms in total. The SMILES string of the molecule is CC(C)n1cnc(Nc2nc(N3C[C@@H](O)C[C@H]3C(=O)N[C@@H]3CCCN(C4CC4)C3)nc3cccn23)c1. The van der Waals surface area contributed by atoms with Crippen molar-refractivity contribution in [3.05, 3.63) is 30.9 Å². The number of likely N-dealkylation sites (tertiary alicyclic amines) is 1. The van der Waals surface area contributed by atoms with E-state index in [2.05, 4.69) is 34.4 Å². The Morgan fingerprint density at radius 2 is 2.06 bits per heavy atom. The van der Waals surface area contributed by atoms with Crippen molar-refractivity contribution >= 4 is 29.3 Å². The van der Waals surface area contributed by atoms with E-state index in [9.17, 15) is 9.90 Å². The predicted octanol–water partition coefficient (Wildman–Crippen LogP) is 1.93. The molecule has 0 unspecified atom stereocenters. The summed E-state index contributed by atoms with van der Waals surface area (Å²) < 4.78 is 3.87. The topological polar surface area (TPSA) is 116 Å². The Balaban J connectivity index is 1.23. The Morgan fingerprint density at radius 1 is 1.19 bits per heavy atom. The van der Waals surface area contributed by atoms with Gasteiger partial charge in [0, 0.05) is 50.0 Å². The van der Waals surface area contributed by atoms with Crippen molar-refractivity contribution in [3.8, 4) is 0 Å². The first-order valence-electron chi connectivity index (χ1n) is 13.1. The fraction of sp³-hybridized carbons (Fsp3) is 0.600. The van der Waals surface area contributed by atoms with Crippen LogP contribution in [0.1, 0.15) is 52.0 Å². The highest BCUT2D eigenvalue weighted by Crippen LogP contribution is 2.30. The Labute approximate surface area is 210 Å². The van der Waals surface area contributed by atoms with Crippen molar-refractivity contribution in [2.45, 2.75) is 76.2 Å². The maximum absolute atomic E-state index is 13.4. The number of amides is 1. The molecular weight excluding hydrogens is 458 g/mol. The van der Waals surface area contributed by atoms with Crippen LogP contribution in [0, 0.1) is 0 Å². The quantitative estimate of drug-likeness (QED) is 0.457. The van der Waals surface area contributed by atoms with Crippen molar-refractivity contribution in [1.82, 2.24) is 34.1 Å². The molecule has 0 radical (unpaired) electrons. The van der Waals surface area contributed by atoms with Crippen LogP contribution in [0.2, 0.25) is 0 Å². The standard InChI is InChI=1S/C25H35N9O2/c1-16(2)32-14-21(26-15-32)28-24-30-25(29-22-6-4-10-33(22)24)34-13-19(35)11-20(34)23(36)27-17-5-3-9-31(12-17)18-7-8-18/h4,6,10,14-20,35H,3,5,7-9,11-13H2,1-2H3,(H,27,36)(H,28,29,30)/t17-,19+,20+/m1/s1. The molecule has 2 aliphatic heterocycles. The third-order valence-corrected chi connectivity index (χ3v) is 7.51. The number of anilines is 3. The number of imidazole rings is 1. The van der Waals surface area contributed by atoms with Crippen molar-refractivity contribution in [2.75, 3.05) is 29.9 Å². The average Bonchev–Trinajstić information content (AvgIpc) is 3.23. The maximum atomic E-state index is 13.4. The van der Waals surface area contributed by atoms with Gasteiger partial charge in [0.05, 0.1) is 12.4 Å². The molecule has 1 aliphatic carbocycles. The van der Waals surface area contributed by atoms with Crippen LogP contribution in [-0.4, -0.2) is 83.7 Å². The van der Waals surface area contributed by atoms with Gasteiger partial charge in [0.15, 0.2) is 5.82 Å². The first kappa shape index (κ1) is 23.2. The minimum atomic E-state index is -0.611. The number of fused-ring (bicyclic) bond motifs is 1. The Kier molecular flexibility index (Phi) is 6.04. The lowest BCUT2D eigenvalue weighted by atomic mass is 10.0. The molecule has 0 aromatic carbocycles. The fourth-order valence-corrected chi connectivity index (χ4v) is 5.41. The lowest BCUT2D eigenvalue weighted by Gasteiger charge is -2.34. The van der Waals surface area contributed by atoms with Gasteiger partial charge in [-0.1, -0.05) is 0 Å². The summed E-state index contributed by atoms with van der Waals surface area (Å²) in [6.07, 6.45) is 10.0. The van der Waals surface area contributed by atoms with Crippen LogP contribution >= 0.6 is 0 Å². The third-order valence-electron chi connectivity index (χ3n) is 7.51. The summed E-state index contributed by atoms with van der Waals surface area (Å²) in [5, 5.41) is 17.1. The van der Waals surface area contributed by atoms with Gasteiger partial charge < -0.3 is 25.2 Å². The first-order chi connectivity index (χ1) is 17.4. The Morgan fingerprint density at radius 3 is 2.83 bits per heavy atom. The normalized spacial score (nSPS) is 25.1. The monoisotopic (exact) mass is 493 g/mol. The van der Waals surface area contributed by atoms with E-state index >= 15 is 0 Å². The minimum absolute atomic E-state index is 0.0572. The van der Waals surface area contributed by atoms with E-state index in [1.807, 2.05) is 38.4 Å². The van der Waals surface area contributed by atoms with Gasteiger partial charge in [-0.25, -0.2) is 4.98 Å². The highest BCUT2D eigenvalue weighted by atomic mass is 16.3. The molecule has 0 spiro atoms. The van der Waals surface area contributed by atoms with Crippen molar-refractivity contribution < 1.29 is 9.90 Å². The number of hydrogen-bond acceptors (Lipinski definition) is 8. The summed E-state index contributed by atoms with van der Waals surface area (Å²) in [6, 6.07) is 4.44. The predicted molar refractivity (Wildman–Crippen MR) is 136 cm³/mol. The van der Waals surface area contributed by atoms with Crippen LogP contribution < -0.4 is 15.5 Å². The number of carbonyl (C=O) groups is 1. The van der Waals surface area contributed by atoms with Crippen LogP contribution in [-0.2, 0) is 4.79 Å². The number of rotatable bonds is 7. The number of hydrogen-bond donors (Lipinski definition) is 3. The second kappa shape index (κ2) is 9.36. The highest BCUT2D eigenvalue weighted by Gasteiger charge is 2.40. The molecule has 2 saturated heterocycles. The zero-order valence-corrected chi connectivity index (χ0v) is 20.9. The molecule has 3 aromatic rings. The summed E-state index contributed by atoms with van der Waals surface area (Å²) in [7, 11) is 0. The summed E-state index contributed by atoms with van der Waals surface area (Å²) >= 11 is 0. The van der Waals surface area contributed by atoms with E-state index < -0.39 is 12.1 Å². The van der Waals surface area contributed by atoms with Gasteiger partial charge >= 0.3 is 0 Å². The van der Waals surface area contributed by atoms with Gasteiger partial charge in [-0.15, -0.1) is 0 Å². The average molecular weight is 494 g/mol. The van der Waals surface area contributed by atoms with Gasteiger partial charge in [-0.2, -0.15) is 9.97 Å². The summed E-state index contributed by atoms with van der Waals surface area (Å²) in [5.74, 6) is 1.60. The summed E-state index contributed by atoms with van der Waals surface area (Å²) in [4.78, 5) is 31.7. The van der Waals surface area contributed by atoms with E-state index in [1.165, 1.54) is 12.8 Å². The maximum Gasteiger partial charge on any atom is 0.243 e. The molecule has 3 atom stereocenters. The van der Waals surface area contributed by atoms with Crippen molar-refractivity contribution in [3.63, 3.8) is 0 Å². The number of nitrogens with one attached hydrogen (secondary N) is 2. The smallest absolute Gasteiger partial charge is 0.243 e. The summed E-state index contributed by atoms with van der Waals surface area (Å²) in [5.41, 5.74) is 0.707. The highest BCUT2D eigenvalue weighted by molar-refractivity contribution is 5.86. The van der Waals surface area contributed by atoms with Crippen LogP contribution in [0.5, 0.6) is 0 Å². The first-order valence-corrected chi connectivity index (χ1v) is 13.1. The zero-order valence-electron chi connectivity index (χ0n) is 20.9. The number of β-amino-alcohol motifs (C(OH)–C–C–N with tert-alkyl or cyclic N) is 1. The van der Waals surface area contributed by atoms with Crippen molar-refractivity contribution in [2.24, 2.45) is 0 Å². The number of aliphatic hydroxyl groups is 1. The molecule has 192 valence electrons. The second-order valence-corrected chi connectivity index (χ2v) is 10.6. The molecule has 3 fully saturated rings. The molecule has 36 heavy (non-hydrogen) atoms. The lowest BCUT2D eigenvalue weighted by molar-refractivity contribution is -0.123. The van der Waals surface area contributed by atoms with Crippen LogP contribution in [0.3, 0.4) is 0 Å². The van der Waals surface area contributed by atoms with Gasteiger partial charge in [0.25, 0.3) is 0 Å². The fourth-order valence-electron chi connectivity index (χ4n) is 5.41. The second-order valence-electron chi connectivity index (χ2n) is 10.6. The number of aliphatic hydroxyl groups excluding tert-OH is 1. The number of carbonyl (C=O) groups excluding carboxylic acids is 1. The van der Waals surface area contributed by atoms with E-state index in [-0.39, 0.29) is 11.9 Å². The molecule has 3 aliphatic rings. The van der Waals surface area contributed by atoms with Gasteiger partial charge in [0.2, 0.25) is 17.8 Å². The molecular formula is C25H35N9O2. The Hall–Kier alpha value is -3.18. The Bertz CT molecular complexity index is 1230. The molecule has 3 N–H and O–H groups in total. The van der Waals surface area contributed by atoms with E-state index in [4.69, 9.17) is 9.97 Å². The molecule has 6 rings (SSSR count). The van der Waals surface area contributed by atoms with Gasteiger partial charge in [-0.05, 0) is 58.2 Å². The minimum Gasteiger partial charge on any atom is -0.391 e. The molecule has 3 aromatic heterocycles. The summed E-state index contributed by atoms with van der Waals surface area (Å²) in [6.45, 7) is 6.55. The molecule has 5 heterocycles. The lowest BCUT2D eigenvalue weighted by Crippen LogP contribution is -2.53. The zero-order chi connectivity index (χ0) is 24.8. The molecule has 0 bridgehead atoms. The largest absolute Gasteiger partial charge is 0.391 e. The van der Waals surface area contributed by atoms with E-state index in [0.717, 1.165) is 25.9 Å². The number of piperidine rings is 1. The molecule has 1 amide bonds. The number of nitrogens with zero attached hydrogens (tertiary/aromatic N) is 7. The number of aromatic nitrogens is 5. The van der Waals surface area contributed by atoms with Crippen molar-refractivity contribution in [1.29, 1.82) is 0 Å². The van der Waals surface area contributed by atoms with Gasteiger partial charge in [-0.3, -0.25) is 14.1 Å². The molecule has 11 heteroatoms. The van der Waals surface area contributed by atoms with E-state index in [1.54, 1.807) is 6.33 Å². The van der Waals surface area contributed by atoms with Crippen LogP contribution in [0.4, 0.5) is 17.7 Å². The van der Waals surface area contributed by atoms with Gasteiger partial charge in [0.1, 0.15) is 11.7 Å². The third kappa shape index (κ3) is 4.64. The van der Waals surface area contributed by atoms with E-state index in [0.29, 0.717) is 48.4 Å².